The maximum atomic E-state index is 12.7. The molecule has 22 heavy (non-hydrogen) atoms. The molecule has 0 spiro atoms. The number of pyridine rings is 1. The van der Waals surface area contributed by atoms with Gasteiger partial charge in [0, 0.05) is 51.3 Å². The summed E-state index contributed by atoms with van der Waals surface area (Å²) in [6.45, 7) is 1.51. The molecule has 0 radical (unpaired) electrons. The van der Waals surface area contributed by atoms with E-state index < -0.39 is 0 Å². The fourth-order valence-corrected chi connectivity index (χ4v) is 2.83. The first-order valence-electron chi connectivity index (χ1n) is 7.57. The van der Waals surface area contributed by atoms with Crippen molar-refractivity contribution < 1.29 is 4.79 Å². The molecule has 0 bridgehead atoms. The molecule has 2 aromatic heterocycles. The highest BCUT2D eigenvalue weighted by molar-refractivity contribution is 5.94. The largest absolute Gasteiger partial charge is 0.363 e. The Hall–Kier alpha value is -2.37. The van der Waals surface area contributed by atoms with E-state index in [1.54, 1.807) is 18.5 Å². The summed E-state index contributed by atoms with van der Waals surface area (Å²) in [5, 5.41) is 4.31. The highest BCUT2D eigenvalue weighted by Crippen LogP contribution is 2.22. The van der Waals surface area contributed by atoms with Crippen molar-refractivity contribution in [1.29, 1.82) is 0 Å². The van der Waals surface area contributed by atoms with E-state index in [-0.39, 0.29) is 11.9 Å². The van der Waals surface area contributed by atoms with Crippen LogP contribution in [0.5, 0.6) is 0 Å². The van der Waals surface area contributed by atoms with E-state index >= 15 is 0 Å². The van der Waals surface area contributed by atoms with Crippen molar-refractivity contribution in [3.05, 3.63) is 42.4 Å². The number of rotatable bonds is 3. The lowest BCUT2D eigenvalue weighted by Gasteiger charge is -2.33. The van der Waals surface area contributed by atoms with Crippen LogP contribution in [0.2, 0.25) is 0 Å². The first-order valence-corrected chi connectivity index (χ1v) is 7.57. The molecule has 6 heteroatoms. The van der Waals surface area contributed by atoms with Crippen molar-refractivity contribution in [3.63, 3.8) is 0 Å². The minimum Gasteiger partial charge on any atom is -0.363 e. The lowest BCUT2D eigenvalue weighted by atomic mass is 10.0. The van der Waals surface area contributed by atoms with Gasteiger partial charge in [-0.2, -0.15) is 5.10 Å². The number of aromatic nitrogens is 3. The molecule has 3 rings (SSSR count). The first-order chi connectivity index (χ1) is 10.6. The number of piperidine rings is 1. The fourth-order valence-electron chi connectivity index (χ4n) is 2.83. The smallest absolute Gasteiger partial charge is 0.254 e. The molecule has 0 unspecified atom stereocenters. The molecule has 0 aromatic carbocycles. The van der Waals surface area contributed by atoms with Gasteiger partial charge in [-0.3, -0.25) is 9.48 Å². The van der Waals surface area contributed by atoms with Crippen LogP contribution < -0.4 is 4.90 Å². The second kappa shape index (κ2) is 6.17. The van der Waals surface area contributed by atoms with Crippen LogP contribution in [-0.2, 0) is 0 Å². The first kappa shape index (κ1) is 14.6. The summed E-state index contributed by atoms with van der Waals surface area (Å²) in [4.78, 5) is 20.8. The summed E-state index contributed by atoms with van der Waals surface area (Å²) in [7, 11) is 3.84. The van der Waals surface area contributed by atoms with Crippen LogP contribution in [0.3, 0.4) is 0 Å². The number of likely N-dealkylation sites (tertiary alicyclic amines) is 1. The summed E-state index contributed by atoms with van der Waals surface area (Å²) in [6.07, 6.45) is 7.51. The predicted octanol–water partition coefficient (Wildman–Crippen LogP) is 1.82. The summed E-state index contributed by atoms with van der Waals surface area (Å²) >= 11 is 0. The lowest BCUT2D eigenvalue weighted by molar-refractivity contribution is 0.0673. The van der Waals surface area contributed by atoms with Gasteiger partial charge in [0.1, 0.15) is 5.82 Å². The van der Waals surface area contributed by atoms with Crippen molar-refractivity contribution in [2.24, 2.45) is 0 Å². The van der Waals surface area contributed by atoms with Gasteiger partial charge in [0.2, 0.25) is 0 Å². The maximum absolute atomic E-state index is 12.7. The van der Waals surface area contributed by atoms with Crippen molar-refractivity contribution in [1.82, 2.24) is 19.7 Å². The summed E-state index contributed by atoms with van der Waals surface area (Å²) in [5.74, 6) is 0.869. The molecule has 0 aliphatic carbocycles. The second-order valence-electron chi connectivity index (χ2n) is 5.83. The molecular weight excluding hydrogens is 278 g/mol. The summed E-state index contributed by atoms with van der Waals surface area (Å²) in [6, 6.07) is 5.82. The van der Waals surface area contributed by atoms with Crippen LogP contribution >= 0.6 is 0 Å². The maximum Gasteiger partial charge on any atom is 0.254 e. The molecule has 0 saturated carbocycles. The molecule has 1 saturated heterocycles. The summed E-state index contributed by atoms with van der Waals surface area (Å²) in [5.41, 5.74) is 0.694. The number of carbonyl (C=O) groups is 1. The number of nitrogens with zero attached hydrogens (tertiary/aromatic N) is 5. The van der Waals surface area contributed by atoms with Crippen LogP contribution in [0.4, 0.5) is 5.82 Å². The van der Waals surface area contributed by atoms with E-state index in [0.29, 0.717) is 12.1 Å². The average Bonchev–Trinajstić information content (AvgIpc) is 3.09. The third-order valence-corrected chi connectivity index (χ3v) is 4.03. The SMILES string of the molecule is CN(C)c1cc(C(=O)N2CCC[C@H](n3cccn3)C2)ccn1. The predicted molar refractivity (Wildman–Crippen MR) is 85.0 cm³/mol. The van der Waals surface area contributed by atoms with E-state index in [4.69, 9.17) is 0 Å². The molecule has 1 atom stereocenters. The van der Waals surface area contributed by atoms with Gasteiger partial charge in [-0.25, -0.2) is 4.98 Å². The highest BCUT2D eigenvalue weighted by atomic mass is 16.2. The highest BCUT2D eigenvalue weighted by Gasteiger charge is 2.25. The Morgan fingerprint density at radius 3 is 2.95 bits per heavy atom. The number of hydrogen-bond donors (Lipinski definition) is 0. The number of amides is 1. The van der Waals surface area contributed by atoms with Crippen LogP contribution in [0.25, 0.3) is 0 Å². The van der Waals surface area contributed by atoms with Gasteiger partial charge < -0.3 is 9.80 Å². The Labute approximate surface area is 130 Å². The second-order valence-corrected chi connectivity index (χ2v) is 5.83. The van der Waals surface area contributed by atoms with Gasteiger partial charge in [0.25, 0.3) is 5.91 Å². The van der Waals surface area contributed by atoms with Gasteiger partial charge in [0.15, 0.2) is 0 Å². The van der Waals surface area contributed by atoms with Crippen molar-refractivity contribution in [2.75, 3.05) is 32.1 Å². The zero-order valence-electron chi connectivity index (χ0n) is 13.0. The molecule has 3 heterocycles. The van der Waals surface area contributed by atoms with Crippen molar-refractivity contribution in [2.45, 2.75) is 18.9 Å². The van der Waals surface area contributed by atoms with E-state index in [2.05, 4.69) is 10.1 Å². The van der Waals surface area contributed by atoms with Gasteiger partial charge in [-0.15, -0.1) is 0 Å². The van der Waals surface area contributed by atoms with E-state index in [1.807, 2.05) is 46.9 Å². The molecule has 0 N–H and O–H groups in total. The van der Waals surface area contributed by atoms with Gasteiger partial charge in [0.05, 0.1) is 6.04 Å². The molecule has 116 valence electrons. The third-order valence-electron chi connectivity index (χ3n) is 4.03. The molecule has 1 fully saturated rings. The Kier molecular flexibility index (Phi) is 4.09. The third kappa shape index (κ3) is 2.95. The molecule has 2 aromatic rings. The number of hydrogen-bond acceptors (Lipinski definition) is 4. The molecule has 1 aliphatic heterocycles. The van der Waals surface area contributed by atoms with Crippen molar-refractivity contribution >= 4 is 11.7 Å². The van der Waals surface area contributed by atoms with E-state index in [9.17, 15) is 4.79 Å². The quantitative estimate of drug-likeness (QED) is 0.867. The molecule has 1 amide bonds. The average molecular weight is 299 g/mol. The Morgan fingerprint density at radius 2 is 2.23 bits per heavy atom. The van der Waals surface area contributed by atoms with E-state index in [1.165, 1.54) is 0 Å². The number of anilines is 1. The zero-order valence-corrected chi connectivity index (χ0v) is 13.0. The molecule has 6 nitrogen and oxygen atoms in total. The zero-order chi connectivity index (χ0) is 15.5. The molecular formula is C16H21N5O. The van der Waals surface area contributed by atoms with Crippen LogP contribution in [0.15, 0.2) is 36.8 Å². The summed E-state index contributed by atoms with van der Waals surface area (Å²) < 4.78 is 1.96. The van der Waals surface area contributed by atoms with Crippen molar-refractivity contribution in [3.8, 4) is 0 Å². The standard InChI is InChI=1S/C16H21N5O/c1-19(2)15-11-13(6-8-17-15)16(22)20-9-3-5-14(12-20)21-10-4-7-18-21/h4,6-8,10-11,14H,3,5,9,12H2,1-2H3/t14-/m0/s1. The van der Waals surface area contributed by atoms with Crippen LogP contribution in [0.1, 0.15) is 29.2 Å². The van der Waals surface area contributed by atoms with Gasteiger partial charge >= 0.3 is 0 Å². The molecule has 1 aliphatic rings. The normalized spacial score (nSPS) is 18.3. The topological polar surface area (TPSA) is 54.3 Å². The Balaban J connectivity index is 1.75. The van der Waals surface area contributed by atoms with Gasteiger partial charge in [-0.05, 0) is 31.0 Å². The Morgan fingerprint density at radius 1 is 1.36 bits per heavy atom. The minimum atomic E-state index is 0.0716. The van der Waals surface area contributed by atoms with Crippen LogP contribution in [-0.4, -0.2) is 52.8 Å². The van der Waals surface area contributed by atoms with Crippen LogP contribution in [0, 0.1) is 0 Å². The minimum absolute atomic E-state index is 0.0716. The van der Waals surface area contributed by atoms with Gasteiger partial charge in [-0.1, -0.05) is 0 Å². The monoisotopic (exact) mass is 299 g/mol. The number of carbonyl (C=O) groups excluding carboxylic acids is 1. The van der Waals surface area contributed by atoms with E-state index in [0.717, 1.165) is 25.2 Å². The lowest BCUT2D eigenvalue weighted by Crippen LogP contribution is -2.40. The fraction of sp³-hybridized carbons (Fsp3) is 0.438. The Bertz CT molecular complexity index is 638.